The fourth-order valence-electron chi connectivity index (χ4n) is 5.98. The fourth-order valence-corrected chi connectivity index (χ4v) is 7.44. The predicted octanol–water partition coefficient (Wildman–Crippen LogP) is 5.42. The molecule has 1 spiro atoms. The van der Waals surface area contributed by atoms with E-state index in [9.17, 15) is 31.2 Å². The third-order valence-corrected chi connectivity index (χ3v) is 10.6. The van der Waals surface area contributed by atoms with Gasteiger partial charge >= 0.3 is 12.3 Å². The van der Waals surface area contributed by atoms with Gasteiger partial charge in [0.05, 0.1) is 5.75 Å². The third-order valence-electron chi connectivity index (χ3n) is 8.74. The lowest BCUT2D eigenvalue weighted by molar-refractivity contribution is -0.136. The van der Waals surface area contributed by atoms with Crippen molar-refractivity contribution < 1.29 is 35.9 Å². The molecule has 43 heavy (non-hydrogen) atoms. The van der Waals surface area contributed by atoms with Crippen LogP contribution in [0, 0.1) is 19.3 Å². The molecule has 0 aromatic heterocycles. The van der Waals surface area contributed by atoms with Crippen molar-refractivity contribution in [3.63, 3.8) is 0 Å². The average molecular weight is 629 g/mol. The lowest BCUT2D eigenvalue weighted by atomic mass is 9.89. The topological polar surface area (TPSA) is 108 Å². The first-order valence-corrected chi connectivity index (χ1v) is 16.4. The number of rotatable bonds is 9. The van der Waals surface area contributed by atoms with Gasteiger partial charge in [-0.1, -0.05) is 0 Å². The molecule has 3 aliphatic rings. The van der Waals surface area contributed by atoms with Crippen LogP contribution in [0.5, 0.6) is 0 Å². The van der Waals surface area contributed by atoms with Crippen LogP contribution in [0.2, 0.25) is 0 Å². The van der Waals surface area contributed by atoms with E-state index >= 15 is 0 Å². The van der Waals surface area contributed by atoms with E-state index in [0.29, 0.717) is 37.2 Å². The van der Waals surface area contributed by atoms with Gasteiger partial charge in [0.1, 0.15) is 17.0 Å². The molecule has 1 aromatic carbocycles. The lowest BCUT2D eigenvalue weighted by Crippen LogP contribution is -2.51. The summed E-state index contributed by atoms with van der Waals surface area (Å²) in [4.78, 5) is 31.6. The highest BCUT2D eigenvalue weighted by atomic mass is 32.2. The van der Waals surface area contributed by atoms with Gasteiger partial charge < -0.3 is 10.1 Å². The van der Waals surface area contributed by atoms with Crippen LogP contribution in [0.1, 0.15) is 82.4 Å². The third kappa shape index (κ3) is 7.71. The Morgan fingerprint density at radius 2 is 1.67 bits per heavy atom. The Morgan fingerprint density at radius 3 is 2.19 bits per heavy atom. The Morgan fingerprint density at radius 1 is 1.09 bits per heavy atom. The number of halogens is 3. The van der Waals surface area contributed by atoms with E-state index in [1.165, 1.54) is 9.21 Å². The average Bonchev–Trinajstić information content (AvgIpc) is 3.59. The number of amides is 2. The smallest absolute Gasteiger partial charge is 0.414 e. The number of alkyl halides is 3. The summed E-state index contributed by atoms with van der Waals surface area (Å²) < 4.78 is 71.4. The molecular weight excluding hydrogens is 585 g/mol. The number of piperidine rings is 1. The zero-order chi connectivity index (χ0) is 32.0. The van der Waals surface area contributed by atoms with Gasteiger partial charge in [-0.15, -0.1) is 0 Å². The molecule has 13 heteroatoms. The molecule has 9 nitrogen and oxygen atoms in total. The van der Waals surface area contributed by atoms with Crippen LogP contribution in [0.3, 0.4) is 0 Å². The van der Waals surface area contributed by atoms with Crippen molar-refractivity contribution in [2.45, 2.75) is 103 Å². The van der Waals surface area contributed by atoms with E-state index in [4.69, 9.17) is 9.73 Å². The maximum Gasteiger partial charge on any atom is 0.414 e. The standard InChI is InChI=1S/C30H43F3N4O5S/c1-20-18-22(36(6)26(39)42-27(3,4)5)19-21(2)23(20)8-17-43(40,41)37-15-13-29(14-16-37)25(38)34-24(35-29)28(11-12-28)9-7-10-30(31,32)33/h18-19H,7-17H2,1-6H3,(H,34,35,38). The monoisotopic (exact) mass is 628 g/mol. The van der Waals surface area contributed by atoms with Crippen LogP contribution < -0.4 is 10.2 Å². The van der Waals surface area contributed by atoms with Crippen molar-refractivity contribution >= 4 is 33.5 Å². The van der Waals surface area contributed by atoms with Gasteiger partial charge in [-0.3, -0.25) is 14.7 Å². The Kier molecular flexibility index (Phi) is 9.03. The minimum Gasteiger partial charge on any atom is -0.443 e. The molecule has 1 aliphatic carbocycles. The number of carbonyl (C=O) groups is 2. The number of anilines is 1. The van der Waals surface area contributed by atoms with Crippen molar-refractivity contribution in [2.75, 3.05) is 30.8 Å². The maximum atomic E-state index is 13.3. The molecular formula is C30H43F3N4O5S. The molecule has 0 unspecified atom stereocenters. The zero-order valence-corrected chi connectivity index (χ0v) is 26.7. The summed E-state index contributed by atoms with van der Waals surface area (Å²) in [5.74, 6) is 0.0819. The Bertz CT molecular complexity index is 1370. The van der Waals surface area contributed by atoms with E-state index in [1.54, 1.807) is 27.8 Å². The van der Waals surface area contributed by atoms with Crippen molar-refractivity contribution in [3.05, 3.63) is 28.8 Å². The summed E-state index contributed by atoms with van der Waals surface area (Å²) in [5.41, 5.74) is 1.08. The molecule has 240 valence electrons. The SMILES string of the molecule is Cc1cc(N(C)C(=O)OC(C)(C)C)cc(C)c1CCS(=O)(=O)N1CCC2(CC1)N=C(C1(CCCC(F)(F)F)CC1)NC2=O. The number of nitrogens with one attached hydrogen (secondary N) is 1. The second-order valence-corrected chi connectivity index (χ2v) is 15.3. The number of nitrogens with zero attached hydrogens (tertiary/aromatic N) is 3. The first-order chi connectivity index (χ1) is 19.8. The van der Waals surface area contributed by atoms with E-state index < -0.39 is 45.3 Å². The minimum atomic E-state index is -4.21. The second kappa shape index (κ2) is 11.7. The number of hydrogen-bond donors (Lipinski definition) is 1. The van der Waals surface area contributed by atoms with E-state index in [-0.39, 0.29) is 44.0 Å². The first-order valence-electron chi connectivity index (χ1n) is 14.8. The quantitative estimate of drug-likeness (QED) is 0.393. The Hall–Kier alpha value is -2.67. The van der Waals surface area contributed by atoms with E-state index in [0.717, 1.165) is 16.7 Å². The number of hydrogen-bond acceptors (Lipinski definition) is 6. The molecule has 2 amide bonds. The zero-order valence-electron chi connectivity index (χ0n) is 25.9. The van der Waals surface area contributed by atoms with E-state index in [1.807, 2.05) is 26.0 Å². The van der Waals surface area contributed by atoms with Crippen LogP contribution in [0.25, 0.3) is 0 Å². The molecule has 0 radical (unpaired) electrons. The highest BCUT2D eigenvalue weighted by Gasteiger charge is 2.55. The van der Waals surface area contributed by atoms with Gasteiger partial charge in [-0.05, 0) is 108 Å². The summed E-state index contributed by atoms with van der Waals surface area (Å²) in [6, 6.07) is 3.68. The largest absolute Gasteiger partial charge is 0.443 e. The molecule has 2 fully saturated rings. The summed E-state index contributed by atoms with van der Waals surface area (Å²) in [7, 11) is -2.00. The molecule has 1 aromatic rings. The van der Waals surface area contributed by atoms with Gasteiger partial charge in [0, 0.05) is 37.7 Å². The highest BCUT2D eigenvalue weighted by molar-refractivity contribution is 7.89. The summed E-state index contributed by atoms with van der Waals surface area (Å²) in [6.07, 6.45) is -3.12. The molecule has 2 heterocycles. The van der Waals surface area contributed by atoms with Gasteiger partial charge in [0.15, 0.2) is 0 Å². The predicted molar refractivity (Wildman–Crippen MR) is 159 cm³/mol. The number of ether oxygens (including phenoxy) is 1. The van der Waals surface area contributed by atoms with Gasteiger partial charge in [0.2, 0.25) is 10.0 Å². The molecule has 1 saturated carbocycles. The Labute approximate surface area is 252 Å². The fraction of sp³-hybridized carbons (Fsp3) is 0.700. The van der Waals surface area contributed by atoms with Crippen LogP contribution in [-0.4, -0.2) is 73.8 Å². The molecule has 1 N–H and O–H groups in total. The Balaban J connectivity index is 1.36. The van der Waals surface area contributed by atoms with E-state index in [2.05, 4.69) is 5.32 Å². The van der Waals surface area contributed by atoms with Crippen molar-refractivity contribution in [2.24, 2.45) is 10.4 Å². The van der Waals surface area contributed by atoms with Gasteiger partial charge in [-0.25, -0.2) is 17.5 Å². The molecule has 0 atom stereocenters. The van der Waals surface area contributed by atoms with Crippen molar-refractivity contribution in [1.29, 1.82) is 0 Å². The molecule has 0 bridgehead atoms. The van der Waals surface area contributed by atoms with Crippen LogP contribution in [0.15, 0.2) is 17.1 Å². The first kappa shape index (κ1) is 33.2. The normalized spacial score (nSPS) is 20.1. The number of aryl methyl sites for hydroxylation is 2. The van der Waals surface area contributed by atoms with Gasteiger partial charge in [0.25, 0.3) is 5.91 Å². The molecule has 1 saturated heterocycles. The number of carbonyl (C=O) groups excluding carboxylic acids is 2. The van der Waals surface area contributed by atoms with Gasteiger partial charge in [-0.2, -0.15) is 13.2 Å². The number of benzene rings is 1. The van der Waals surface area contributed by atoms with Crippen molar-refractivity contribution in [3.8, 4) is 0 Å². The summed E-state index contributed by atoms with van der Waals surface area (Å²) in [5, 5.41) is 2.84. The highest BCUT2D eigenvalue weighted by Crippen LogP contribution is 2.53. The second-order valence-electron chi connectivity index (χ2n) is 13.3. The van der Waals surface area contributed by atoms with Crippen molar-refractivity contribution in [1.82, 2.24) is 9.62 Å². The molecule has 4 rings (SSSR count). The van der Waals surface area contributed by atoms with Crippen LogP contribution in [-0.2, 0) is 26.0 Å². The van der Waals surface area contributed by atoms with Crippen LogP contribution >= 0.6 is 0 Å². The minimum absolute atomic E-state index is 0.0144. The number of amidine groups is 1. The maximum absolute atomic E-state index is 13.3. The summed E-state index contributed by atoms with van der Waals surface area (Å²) in [6.45, 7) is 9.44. The number of sulfonamides is 1. The lowest BCUT2D eigenvalue weighted by Gasteiger charge is -2.34. The summed E-state index contributed by atoms with van der Waals surface area (Å²) >= 11 is 0. The number of aliphatic imine (C=N–C) groups is 1. The van der Waals surface area contributed by atoms with Crippen LogP contribution in [0.4, 0.5) is 23.7 Å². The molecule has 2 aliphatic heterocycles.